The quantitative estimate of drug-likeness (QED) is 0.515. The van der Waals surface area contributed by atoms with Gasteiger partial charge in [-0.05, 0) is 42.0 Å². The Hall–Kier alpha value is -2.13. The average molecular weight is 486 g/mol. The lowest BCUT2D eigenvalue weighted by Crippen LogP contribution is -2.34. The number of hydrogen-bond acceptors (Lipinski definition) is 6. The third kappa shape index (κ3) is 5.72. The molecule has 0 amide bonds. The van der Waals surface area contributed by atoms with E-state index in [-0.39, 0.29) is 11.6 Å². The van der Waals surface area contributed by atoms with Crippen molar-refractivity contribution in [2.75, 3.05) is 0 Å². The van der Waals surface area contributed by atoms with Crippen LogP contribution in [-0.2, 0) is 30.3 Å². The fourth-order valence-corrected chi connectivity index (χ4v) is 3.63. The number of rotatable bonds is 3. The summed E-state index contributed by atoms with van der Waals surface area (Å²) in [7, 11) is -13.7. The van der Waals surface area contributed by atoms with Crippen molar-refractivity contribution < 1.29 is 56.3 Å². The minimum Gasteiger partial charge on any atom is -0.507 e. The average Bonchev–Trinajstić information content (AvgIpc) is 2.56. The number of alkyl halides is 6. The van der Waals surface area contributed by atoms with Crippen LogP contribution < -0.4 is 0 Å². The van der Waals surface area contributed by atoms with E-state index in [9.17, 15) is 52.7 Å². The molecule has 1 N–H and O–H groups in total. The third-order valence-electron chi connectivity index (χ3n) is 3.56. The lowest BCUT2D eigenvalue weighted by atomic mass is 9.99. The zero-order chi connectivity index (χ0) is 23.7. The Morgan fingerprint density at radius 1 is 0.933 bits per heavy atom. The summed E-state index contributed by atoms with van der Waals surface area (Å²) in [5.74, 6) is -0.120. The molecule has 15 heteroatoms. The highest BCUT2D eigenvalue weighted by Crippen LogP contribution is 2.33. The summed E-state index contributed by atoms with van der Waals surface area (Å²) in [5.41, 5.74) is -10.6. The van der Waals surface area contributed by atoms with Crippen molar-refractivity contribution >= 4 is 31.0 Å². The molecule has 2 aromatic carbocycles. The molecule has 0 atom stereocenters. The Labute approximate surface area is 166 Å². The molecule has 0 aromatic heterocycles. The van der Waals surface area contributed by atoms with E-state index in [0.717, 1.165) is 22.9 Å². The highest BCUT2D eigenvalue weighted by Gasteiger charge is 2.57. The fraction of sp³-hybridized carbons (Fsp3) is 0.333. The molecular weight excluding hydrogens is 473 g/mol. The van der Waals surface area contributed by atoms with E-state index < -0.39 is 31.3 Å². The first-order valence-corrected chi connectivity index (χ1v) is 10.4. The highest BCUT2D eigenvalue weighted by molar-refractivity contribution is 8.00. The minimum absolute atomic E-state index is 0.198. The smallest absolute Gasteiger partial charge is 0.507 e. The number of fused-ring (bicyclic) bond motifs is 1. The van der Waals surface area contributed by atoms with Crippen LogP contribution in [0.25, 0.3) is 10.8 Å². The van der Waals surface area contributed by atoms with Crippen molar-refractivity contribution in [2.45, 2.75) is 31.3 Å². The molecule has 2 rings (SSSR count). The van der Waals surface area contributed by atoms with Gasteiger partial charge in [-0.3, -0.25) is 0 Å². The van der Waals surface area contributed by atoms with Crippen LogP contribution in [0, 0.1) is 12.7 Å². The molecule has 30 heavy (non-hydrogen) atoms. The van der Waals surface area contributed by atoms with Crippen molar-refractivity contribution in [3.63, 3.8) is 0 Å². The van der Waals surface area contributed by atoms with Gasteiger partial charge in [0.2, 0.25) is 0 Å². The first kappa shape index (κ1) is 25.9. The van der Waals surface area contributed by atoms with E-state index in [1.165, 1.54) is 12.1 Å². The summed E-state index contributed by atoms with van der Waals surface area (Å²) < 4.78 is 123. The number of hydrogen-bond donors (Lipinski definition) is 1. The summed E-state index contributed by atoms with van der Waals surface area (Å²) in [6, 6.07) is 6.49. The predicted molar refractivity (Wildman–Crippen MR) is 90.7 cm³/mol. The van der Waals surface area contributed by atoms with E-state index >= 15 is 0 Å². The van der Waals surface area contributed by atoms with Crippen molar-refractivity contribution in [2.24, 2.45) is 0 Å². The number of phenols is 1. The fourth-order valence-electron chi connectivity index (χ4n) is 2.07. The summed E-state index contributed by atoms with van der Waals surface area (Å²) in [4.78, 5) is 0. The van der Waals surface area contributed by atoms with Crippen LogP contribution in [0.2, 0.25) is 0 Å². The maximum Gasteiger partial charge on any atom is 0.524 e. The van der Waals surface area contributed by atoms with Gasteiger partial charge in [-0.15, -0.1) is 3.63 Å². The molecule has 0 spiro atoms. The van der Waals surface area contributed by atoms with Gasteiger partial charge in [0.05, 0.1) is 0 Å². The number of halogens is 7. The summed E-state index contributed by atoms with van der Waals surface area (Å²) in [6.07, 6.45) is 0.868. The van der Waals surface area contributed by atoms with E-state index in [4.69, 9.17) is 0 Å². The molecule has 0 bridgehead atoms. The molecule has 0 unspecified atom stereocenters. The molecule has 0 aliphatic rings. The largest absolute Gasteiger partial charge is 0.524 e. The Morgan fingerprint density at radius 3 is 1.80 bits per heavy atom. The Bertz CT molecular complexity index is 1090. The van der Waals surface area contributed by atoms with Gasteiger partial charge in [0.25, 0.3) is 0 Å². The molecule has 0 saturated carbocycles. The standard InChI is InChI=1S/C13H13FO.C2F6O5S2/c1-3-9-6-10-4-5-11(14)7-12(10)13(15)8(9)2;3-1(4,5)14(9,10)13-15(11,12)2(6,7)8/h4-7,15H,3H2,1-2H3;. The maximum atomic E-state index is 13.0. The number of benzene rings is 2. The van der Waals surface area contributed by atoms with Crippen molar-refractivity contribution in [1.29, 1.82) is 0 Å². The zero-order valence-corrected chi connectivity index (χ0v) is 16.6. The van der Waals surface area contributed by atoms with Crippen LogP contribution in [0.15, 0.2) is 24.3 Å². The number of aryl methyl sites for hydroxylation is 1. The lowest BCUT2D eigenvalue weighted by molar-refractivity contribution is -0.0585. The molecule has 0 aliphatic carbocycles. The van der Waals surface area contributed by atoms with Gasteiger partial charge < -0.3 is 5.11 Å². The predicted octanol–water partition coefficient (Wildman–Crippen LogP) is 4.26. The van der Waals surface area contributed by atoms with Crippen molar-refractivity contribution in [3.05, 3.63) is 41.2 Å². The molecule has 170 valence electrons. The number of phenolic OH excluding ortho intramolecular Hbond substituents is 1. The number of aromatic hydroxyl groups is 1. The van der Waals surface area contributed by atoms with Gasteiger partial charge in [-0.2, -0.15) is 43.2 Å². The molecule has 0 heterocycles. The molecule has 0 aliphatic heterocycles. The SMILES string of the molecule is CCc1cc2ccc(F)cc2c(O)c1C.O=S(=O)(OS(=O)(=O)C(F)(F)F)C(F)(F)F. The normalized spacial score (nSPS) is 13.1. The van der Waals surface area contributed by atoms with E-state index in [1.54, 1.807) is 6.07 Å². The zero-order valence-electron chi connectivity index (χ0n) is 15.0. The van der Waals surface area contributed by atoms with Crippen LogP contribution in [0.3, 0.4) is 0 Å². The Kier molecular flexibility index (Phi) is 7.38. The molecule has 0 saturated heterocycles. The first-order chi connectivity index (χ1) is 13.3. The van der Waals surface area contributed by atoms with Crippen LogP contribution in [-0.4, -0.2) is 33.0 Å². The van der Waals surface area contributed by atoms with Crippen molar-refractivity contribution in [3.8, 4) is 5.75 Å². The van der Waals surface area contributed by atoms with Gasteiger partial charge in [0.15, 0.2) is 0 Å². The molecule has 6 nitrogen and oxygen atoms in total. The van der Waals surface area contributed by atoms with Gasteiger partial charge in [-0.25, -0.2) is 4.39 Å². The Balaban J connectivity index is 0.000000300. The first-order valence-electron chi connectivity index (χ1n) is 7.58. The van der Waals surface area contributed by atoms with Gasteiger partial charge in [0, 0.05) is 5.39 Å². The summed E-state index contributed by atoms with van der Waals surface area (Å²) >= 11 is 0. The second-order valence-electron chi connectivity index (χ2n) is 5.60. The molecular formula is C15H13F7O6S2. The molecule has 0 fully saturated rings. The van der Waals surface area contributed by atoms with Crippen LogP contribution in [0.5, 0.6) is 5.75 Å². The lowest BCUT2D eigenvalue weighted by Gasteiger charge is -2.09. The minimum atomic E-state index is -6.85. The van der Waals surface area contributed by atoms with Gasteiger partial charge >= 0.3 is 31.3 Å². The monoisotopic (exact) mass is 486 g/mol. The maximum absolute atomic E-state index is 13.0. The molecule has 0 radical (unpaired) electrons. The van der Waals surface area contributed by atoms with Gasteiger partial charge in [0.1, 0.15) is 11.6 Å². The topological polar surface area (TPSA) is 97.7 Å². The summed E-state index contributed by atoms with van der Waals surface area (Å²) in [5, 5.41) is 11.4. The summed E-state index contributed by atoms with van der Waals surface area (Å²) in [6.45, 7) is 3.90. The third-order valence-corrected chi connectivity index (χ3v) is 6.13. The van der Waals surface area contributed by atoms with Crippen molar-refractivity contribution in [1.82, 2.24) is 0 Å². The van der Waals surface area contributed by atoms with E-state index in [2.05, 4.69) is 0 Å². The highest BCUT2D eigenvalue weighted by atomic mass is 32.3. The second kappa shape index (κ2) is 8.55. The van der Waals surface area contributed by atoms with Gasteiger partial charge in [-0.1, -0.05) is 19.1 Å². The second-order valence-corrected chi connectivity index (χ2v) is 8.88. The molecule has 2 aromatic rings. The van der Waals surface area contributed by atoms with E-state index in [0.29, 0.717) is 5.39 Å². The van der Waals surface area contributed by atoms with Crippen LogP contribution >= 0.6 is 0 Å². The van der Waals surface area contributed by atoms with Crippen LogP contribution in [0.4, 0.5) is 30.7 Å². The van der Waals surface area contributed by atoms with E-state index in [1.807, 2.05) is 23.5 Å². The Morgan fingerprint density at radius 2 is 1.40 bits per heavy atom. The van der Waals surface area contributed by atoms with Crippen LogP contribution in [0.1, 0.15) is 18.1 Å².